The number of hydrogen-bond donors (Lipinski definition) is 1. The Morgan fingerprint density at radius 2 is 2.22 bits per heavy atom. The first kappa shape index (κ1) is 12.3. The summed E-state index contributed by atoms with van der Waals surface area (Å²) in [4.78, 5) is 10.9. The molecule has 2 aromatic rings. The van der Waals surface area contributed by atoms with Crippen LogP contribution in [-0.4, -0.2) is 15.7 Å². The first-order chi connectivity index (χ1) is 8.54. The highest BCUT2D eigenvalue weighted by atomic mass is 79.9. The van der Waals surface area contributed by atoms with Gasteiger partial charge in [-0.15, -0.1) is 0 Å². The molecule has 0 aliphatic carbocycles. The average molecular weight is 309 g/mol. The zero-order valence-electron chi connectivity index (χ0n) is 8.89. The molecule has 2 N–H and O–H groups in total. The van der Waals surface area contributed by atoms with E-state index in [4.69, 9.17) is 11.0 Å². The highest BCUT2D eigenvalue weighted by Crippen LogP contribution is 2.25. The average Bonchev–Trinajstić information content (AvgIpc) is 2.82. The third-order valence-electron chi connectivity index (χ3n) is 2.27. The van der Waals surface area contributed by atoms with Crippen molar-refractivity contribution in [3.63, 3.8) is 0 Å². The van der Waals surface area contributed by atoms with E-state index >= 15 is 0 Å². The smallest absolute Gasteiger partial charge is 0.269 e. The molecule has 0 aliphatic rings. The molecule has 0 spiro atoms. The second-order valence-electron chi connectivity index (χ2n) is 3.38. The van der Waals surface area contributed by atoms with Crippen LogP contribution in [0.5, 0.6) is 0 Å². The predicted molar refractivity (Wildman–Crippen MR) is 64.5 cm³/mol. The van der Waals surface area contributed by atoms with E-state index < -0.39 is 11.7 Å². The van der Waals surface area contributed by atoms with Gasteiger partial charge in [-0.25, -0.2) is 9.07 Å². The van der Waals surface area contributed by atoms with Gasteiger partial charge in [-0.1, -0.05) is 0 Å². The number of aromatic nitrogens is 2. The van der Waals surface area contributed by atoms with Gasteiger partial charge in [0, 0.05) is 6.20 Å². The summed E-state index contributed by atoms with van der Waals surface area (Å²) >= 11 is 2.99. The fourth-order valence-corrected chi connectivity index (χ4v) is 1.82. The van der Waals surface area contributed by atoms with Crippen LogP contribution in [-0.2, 0) is 0 Å². The molecule has 2 rings (SSSR count). The van der Waals surface area contributed by atoms with Gasteiger partial charge < -0.3 is 5.73 Å². The number of hydrogen-bond acceptors (Lipinski definition) is 3. The van der Waals surface area contributed by atoms with Gasteiger partial charge >= 0.3 is 0 Å². The minimum atomic E-state index is -0.693. The van der Waals surface area contributed by atoms with Crippen molar-refractivity contribution in [3.05, 3.63) is 45.9 Å². The molecule has 1 heterocycles. The van der Waals surface area contributed by atoms with Gasteiger partial charge in [0.15, 0.2) is 5.82 Å². The monoisotopic (exact) mass is 308 g/mol. The molecule has 0 atom stereocenters. The Hall–Kier alpha value is -2.20. The summed E-state index contributed by atoms with van der Waals surface area (Å²) in [6, 6.07) is 6.08. The van der Waals surface area contributed by atoms with Crippen molar-refractivity contribution in [1.29, 1.82) is 5.26 Å². The van der Waals surface area contributed by atoms with E-state index in [-0.39, 0.29) is 21.4 Å². The standard InChI is InChI=1S/C11H6BrFN4O/c12-9-6(5-14)1-2-8(10(9)13)17-4-3-7(16-17)11(15)18/h1-4H,(H2,15,18). The largest absolute Gasteiger partial charge is 0.364 e. The fourth-order valence-electron chi connectivity index (χ4n) is 1.39. The first-order valence-corrected chi connectivity index (χ1v) is 5.58. The van der Waals surface area contributed by atoms with Crippen LogP contribution in [0.15, 0.2) is 28.9 Å². The summed E-state index contributed by atoms with van der Waals surface area (Å²) in [6.45, 7) is 0. The number of halogens is 2. The number of primary amides is 1. The third kappa shape index (κ3) is 1.98. The van der Waals surface area contributed by atoms with Crippen molar-refractivity contribution in [1.82, 2.24) is 9.78 Å². The van der Waals surface area contributed by atoms with Gasteiger partial charge in [0.2, 0.25) is 0 Å². The lowest BCUT2D eigenvalue weighted by Crippen LogP contribution is -2.12. The van der Waals surface area contributed by atoms with Crippen LogP contribution in [0, 0.1) is 17.1 Å². The van der Waals surface area contributed by atoms with E-state index in [9.17, 15) is 9.18 Å². The number of benzene rings is 1. The lowest BCUT2D eigenvalue weighted by molar-refractivity contribution is 0.0995. The topological polar surface area (TPSA) is 84.7 Å². The predicted octanol–water partition coefficient (Wildman–Crippen LogP) is 1.74. The van der Waals surface area contributed by atoms with Gasteiger partial charge in [-0.05, 0) is 34.1 Å². The maximum Gasteiger partial charge on any atom is 0.269 e. The van der Waals surface area contributed by atoms with Crippen LogP contribution >= 0.6 is 15.9 Å². The van der Waals surface area contributed by atoms with E-state index in [1.165, 1.54) is 29.1 Å². The molecule has 90 valence electrons. The number of rotatable bonds is 2. The fraction of sp³-hybridized carbons (Fsp3) is 0. The number of nitrogens with zero attached hydrogens (tertiary/aromatic N) is 3. The van der Waals surface area contributed by atoms with Gasteiger partial charge in [-0.2, -0.15) is 10.4 Å². The Morgan fingerprint density at radius 3 is 2.78 bits per heavy atom. The zero-order valence-corrected chi connectivity index (χ0v) is 10.5. The number of amides is 1. The summed E-state index contributed by atoms with van der Waals surface area (Å²) < 4.78 is 15.2. The molecule has 0 saturated carbocycles. The van der Waals surface area contributed by atoms with E-state index in [1.807, 2.05) is 6.07 Å². The van der Waals surface area contributed by atoms with Gasteiger partial charge in [0.25, 0.3) is 5.91 Å². The SMILES string of the molecule is N#Cc1ccc(-n2ccc(C(N)=O)n2)c(F)c1Br. The number of nitrogens with two attached hydrogens (primary N) is 1. The lowest BCUT2D eigenvalue weighted by atomic mass is 10.2. The van der Waals surface area contributed by atoms with Crippen molar-refractivity contribution < 1.29 is 9.18 Å². The maximum atomic E-state index is 14.0. The lowest BCUT2D eigenvalue weighted by Gasteiger charge is -2.05. The summed E-state index contributed by atoms with van der Waals surface area (Å²) in [6.07, 6.45) is 1.41. The molecule has 0 aliphatic heterocycles. The summed E-state index contributed by atoms with van der Waals surface area (Å²) in [5, 5.41) is 12.6. The second-order valence-corrected chi connectivity index (χ2v) is 4.17. The number of nitriles is 1. The Kier molecular flexibility index (Phi) is 3.12. The number of carbonyl (C=O) groups is 1. The Balaban J connectivity index is 2.55. The molecular weight excluding hydrogens is 303 g/mol. The highest BCUT2D eigenvalue weighted by molar-refractivity contribution is 9.10. The minimum absolute atomic E-state index is 0.0369. The molecule has 1 amide bonds. The molecular formula is C11H6BrFN4O. The zero-order chi connectivity index (χ0) is 13.3. The molecule has 1 aromatic carbocycles. The van der Waals surface area contributed by atoms with Crippen molar-refractivity contribution in [3.8, 4) is 11.8 Å². The van der Waals surface area contributed by atoms with Crippen LogP contribution in [0.25, 0.3) is 5.69 Å². The summed E-state index contributed by atoms with van der Waals surface area (Å²) in [7, 11) is 0. The van der Waals surface area contributed by atoms with Gasteiger partial charge in [0.05, 0.1) is 10.0 Å². The van der Waals surface area contributed by atoms with Crippen molar-refractivity contribution in [2.24, 2.45) is 5.73 Å². The van der Waals surface area contributed by atoms with Crippen LogP contribution in [0.3, 0.4) is 0 Å². The van der Waals surface area contributed by atoms with Crippen LogP contribution < -0.4 is 5.73 Å². The molecule has 0 saturated heterocycles. The van der Waals surface area contributed by atoms with E-state index in [0.717, 1.165) is 0 Å². The Morgan fingerprint density at radius 1 is 1.50 bits per heavy atom. The van der Waals surface area contributed by atoms with Gasteiger partial charge in [-0.3, -0.25) is 4.79 Å². The van der Waals surface area contributed by atoms with Crippen LogP contribution in [0.2, 0.25) is 0 Å². The van der Waals surface area contributed by atoms with E-state index in [0.29, 0.717) is 0 Å². The van der Waals surface area contributed by atoms with Crippen molar-refractivity contribution in [2.45, 2.75) is 0 Å². The molecule has 5 nitrogen and oxygen atoms in total. The normalized spacial score (nSPS) is 10.1. The first-order valence-electron chi connectivity index (χ1n) is 4.78. The van der Waals surface area contributed by atoms with Crippen LogP contribution in [0.4, 0.5) is 4.39 Å². The summed E-state index contributed by atoms with van der Waals surface area (Å²) in [5.74, 6) is -1.32. The molecule has 0 bridgehead atoms. The summed E-state index contributed by atoms with van der Waals surface area (Å²) in [5.41, 5.74) is 5.39. The number of carbonyl (C=O) groups excluding carboxylic acids is 1. The molecule has 7 heteroatoms. The molecule has 1 aromatic heterocycles. The van der Waals surface area contributed by atoms with Crippen molar-refractivity contribution in [2.75, 3.05) is 0 Å². The van der Waals surface area contributed by atoms with Crippen molar-refractivity contribution >= 4 is 21.8 Å². The van der Waals surface area contributed by atoms with Crippen LogP contribution in [0.1, 0.15) is 16.1 Å². The second kappa shape index (κ2) is 4.58. The Labute approximate surface area is 110 Å². The third-order valence-corrected chi connectivity index (χ3v) is 3.05. The quantitative estimate of drug-likeness (QED) is 0.917. The Bertz CT molecular complexity index is 674. The molecule has 18 heavy (non-hydrogen) atoms. The highest BCUT2D eigenvalue weighted by Gasteiger charge is 2.14. The van der Waals surface area contributed by atoms with E-state index in [2.05, 4.69) is 21.0 Å². The van der Waals surface area contributed by atoms with Gasteiger partial charge in [0.1, 0.15) is 17.5 Å². The molecule has 0 radical (unpaired) electrons. The minimum Gasteiger partial charge on any atom is -0.364 e. The molecule has 0 fully saturated rings. The van der Waals surface area contributed by atoms with E-state index in [1.54, 1.807) is 0 Å². The molecule has 0 unspecified atom stereocenters. The maximum absolute atomic E-state index is 14.0.